The monoisotopic (exact) mass is 274 g/mol. The lowest BCUT2D eigenvalue weighted by Gasteiger charge is -2.10. The van der Waals surface area contributed by atoms with Crippen molar-refractivity contribution in [1.82, 2.24) is 4.98 Å². The van der Waals surface area contributed by atoms with Crippen LogP contribution in [0.5, 0.6) is 0 Å². The molecule has 1 aromatic heterocycles. The fraction of sp³-hybridized carbons (Fsp3) is 0.455. The van der Waals surface area contributed by atoms with E-state index in [1.54, 1.807) is 31.1 Å². The maximum atomic E-state index is 11.3. The average Bonchev–Trinajstić information content (AvgIpc) is 2.31. The third-order valence-electron chi connectivity index (χ3n) is 2.00. The molecule has 4 nitrogen and oxygen atoms in total. The van der Waals surface area contributed by atoms with Gasteiger partial charge in [0.2, 0.25) is 0 Å². The van der Waals surface area contributed by atoms with Crippen LogP contribution in [0, 0.1) is 0 Å². The molecule has 0 aliphatic rings. The molecule has 0 aliphatic heterocycles. The lowest BCUT2D eigenvalue weighted by Crippen LogP contribution is -2.34. The largest absolute Gasteiger partial charge is 0.465 e. The highest BCUT2D eigenvalue weighted by Gasteiger charge is 2.14. The van der Waals surface area contributed by atoms with Crippen molar-refractivity contribution in [2.24, 2.45) is 5.73 Å². The third kappa shape index (κ3) is 4.93. The number of ether oxygens (including phenoxy) is 1. The quantitative estimate of drug-likeness (QED) is 0.802. The number of nitrogens with zero attached hydrogens (tertiary/aromatic N) is 1. The first-order chi connectivity index (χ1) is 8.15. The number of rotatable bonds is 6. The van der Waals surface area contributed by atoms with Gasteiger partial charge in [-0.2, -0.15) is 11.8 Å². The molecule has 0 amide bonds. The molecule has 0 bridgehead atoms. The summed E-state index contributed by atoms with van der Waals surface area (Å²) in [5.41, 5.74) is 6.65. The van der Waals surface area contributed by atoms with E-state index in [1.807, 2.05) is 6.07 Å². The highest BCUT2D eigenvalue weighted by molar-refractivity contribution is 7.98. The summed E-state index contributed by atoms with van der Waals surface area (Å²) in [4.78, 5) is 15.2. The molecule has 2 N–H and O–H groups in total. The number of carbonyl (C=O) groups excluding carboxylic acids is 1. The van der Waals surface area contributed by atoms with Crippen molar-refractivity contribution in [2.75, 3.05) is 12.4 Å². The summed E-state index contributed by atoms with van der Waals surface area (Å²) in [7, 11) is 0. The van der Waals surface area contributed by atoms with Gasteiger partial charge in [0.15, 0.2) is 0 Å². The molecule has 1 aromatic rings. The maximum Gasteiger partial charge on any atom is 0.323 e. The Morgan fingerprint density at radius 2 is 2.47 bits per heavy atom. The van der Waals surface area contributed by atoms with Crippen molar-refractivity contribution in [3.8, 4) is 0 Å². The summed E-state index contributed by atoms with van der Waals surface area (Å²) in [5.74, 6) is 0.854. The standard InChI is InChI=1S/C11H15ClN2O2S/c1-2-16-11(15)10(13)7-17-6-8-3-4-14-5-9(8)12/h3-5,10H,2,6-7,13H2,1H3. The zero-order chi connectivity index (χ0) is 12.7. The van der Waals surface area contributed by atoms with Crippen molar-refractivity contribution in [2.45, 2.75) is 18.7 Å². The maximum absolute atomic E-state index is 11.3. The molecule has 1 heterocycles. The van der Waals surface area contributed by atoms with E-state index in [-0.39, 0.29) is 5.97 Å². The van der Waals surface area contributed by atoms with Crippen molar-refractivity contribution in [3.63, 3.8) is 0 Å². The van der Waals surface area contributed by atoms with Gasteiger partial charge in [0, 0.05) is 23.9 Å². The van der Waals surface area contributed by atoms with Crippen LogP contribution in [0.1, 0.15) is 12.5 Å². The zero-order valence-corrected chi connectivity index (χ0v) is 11.1. The minimum absolute atomic E-state index is 0.355. The third-order valence-corrected chi connectivity index (χ3v) is 3.45. The highest BCUT2D eigenvalue weighted by atomic mass is 35.5. The van der Waals surface area contributed by atoms with E-state index in [9.17, 15) is 4.79 Å². The lowest BCUT2D eigenvalue weighted by atomic mass is 10.3. The van der Waals surface area contributed by atoms with Crippen LogP contribution in [0.3, 0.4) is 0 Å². The molecule has 0 spiro atoms. The Morgan fingerprint density at radius 3 is 3.12 bits per heavy atom. The smallest absolute Gasteiger partial charge is 0.323 e. The molecule has 0 radical (unpaired) electrons. The normalized spacial score (nSPS) is 12.2. The van der Waals surface area contributed by atoms with Gasteiger partial charge in [-0.05, 0) is 18.6 Å². The number of nitrogens with two attached hydrogens (primary N) is 1. The summed E-state index contributed by atoms with van der Waals surface area (Å²) >= 11 is 7.50. The van der Waals surface area contributed by atoms with Gasteiger partial charge in [0.25, 0.3) is 0 Å². The van der Waals surface area contributed by atoms with Crippen molar-refractivity contribution < 1.29 is 9.53 Å². The molecule has 0 saturated carbocycles. The van der Waals surface area contributed by atoms with Crippen LogP contribution in [-0.4, -0.2) is 29.4 Å². The van der Waals surface area contributed by atoms with Crippen molar-refractivity contribution in [3.05, 3.63) is 29.0 Å². The first kappa shape index (κ1) is 14.3. The molecule has 0 saturated heterocycles. The molecule has 1 unspecified atom stereocenters. The Labute approximate surface area is 110 Å². The molecule has 94 valence electrons. The first-order valence-corrected chi connectivity index (χ1v) is 6.76. The zero-order valence-electron chi connectivity index (χ0n) is 9.56. The number of hydrogen-bond donors (Lipinski definition) is 1. The highest BCUT2D eigenvalue weighted by Crippen LogP contribution is 2.20. The van der Waals surface area contributed by atoms with E-state index in [0.29, 0.717) is 23.1 Å². The Hall–Kier alpha value is -0.780. The number of hydrogen-bond acceptors (Lipinski definition) is 5. The van der Waals surface area contributed by atoms with Gasteiger partial charge >= 0.3 is 5.97 Å². The number of thioether (sulfide) groups is 1. The second-order valence-corrected chi connectivity index (χ2v) is 4.78. The van der Waals surface area contributed by atoms with Crippen LogP contribution in [0.2, 0.25) is 5.02 Å². The van der Waals surface area contributed by atoms with Gasteiger partial charge in [-0.25, -0.2) is 0 Å². The van der Waals surface area contributed by atoms with Gasteiger partial charge in [-0.1, -0.05) is 11.6 Å². The fourth-order valence-corrected chi connectivity index (χ4v) is 2.38. The summed E-state index contributed by atoms with van der Waals surface area (Å²) in [6, 6.07) is 1.27. The van der Waals surface area contributed by atoms with E-state index < -0.39 is 6.04 Å². The van der Waals surface area contributed by atoms with Crippen LogP contribution >= 0.6 is 23.4 Å². The van der Waals surface area contributed by atoms with Crippen LogP contribution in [0.4, 0.5) is 0 Å². The minimum atomic E-state index is -0.583. The lowest BCUT2D eigenvalue weighted by molar-refractivity contribution is -0.144. The summed E-state index contributed by atoms with van der Waals surface area (Å²) in [6.07, 6.45) is 3.29. The summed E-state index contributed by atoms with van der Waals surface area (Å²) in [6.45, 7) is 2.11. The van der Waals surface area contributed by atoms with Crippen LogP contribution in [-0.2, 0) is 15.3 Å². The Balaban J connectivity index is 2.33. The fourth-order valence-electron chi connectivity index (χ4n) is 1.13. The van der Waals surface area contributed by atoms with E-state index in [0.717, 1.165) is 5.56 Å². The van der Waals surface area contributed by atoms with Gasteiger partial charge in [-0.15, -0.1) is 0 Å². The van der Waals surface area contributed by atoms with Crippen LogP contribution < -0.4 is 5.73 Å². The molecule has 1 atom stereocenters. The molecular weight excluding hydrogens is 260 g/mol. The number of aromatic nitrogens is 1. The molecule has 1 rings (SSSR count). The first-order valence-electron chi connectivity index (χ1n) is 5.23. The van der Waals surface area contributed by atoms with E-state index in [2.05, 4.69) is 4.98 Å². The molecule has 0 aliphatic carbocycles. The van der Waals surface area contributed by atoms with E-state index in [4.69, 9.17) is 22.1 Å². The van der Waals surface area contributed by atoms with E-state index in [1.165, 1.54) is 0 Å². The summed E-state index contributed by atoms with van der Waals surface area (Å²) < 4.78 is 4.82. The molecular formula is C11H15ClN2O2S. The number of esters is 1. The second kappa shape index (κ2) is 7.53. The number of halogens is 1. The topological polar surface area (TPSA) is 65.2 Å². The molecule has 0 aromatic carbocycles. The predicted octanol–water partition coefficient (Wildman–Crippen LogP) is 1.86. The minimum Gasteiger partial charge on any atom is -0.465 e. The van der Waals surface area contributed by atoms with Gasteiger partial charge in [0.1, 0.15) is 6.04 Å². The number of carbonyl (C=O) groups is 1. The Morgan fingerprint density at radius 1 is 1.71 bits per heavy atom. The Bertz CT molecular complexity index is 376. The van der Waals surface area contributed by atoms with Crippen molar-refractivity contribution in [1.29, 1.82) is 0 Å². The molecule has 17 heavy (non-hydrogen) atoms. The Kier molecular flexibility index (Phi) is 6.32. The van der Waals surface area contributed by atoms with Crippen LogP contribution in [0.25, 0.3) is 0 Å². The van der Waals surface area contributed by atoms with Crippen LogP contribution in [0.15, 0.2) is 18.5 Å². The van der Waals surface area contributed by atoms with Gasteiger partial charge in [-0.3, -0.25) is 9.78 Å². The number of pyridine rings is 1. The second-order valence-electron chi connectivity index (χ2n) is 3.34. The van der Waals surface area contributed by atoms with E-state index >= 15 is 0 Å². The average molecular weight is 275 g/mol. The predicted molar refractivity (Wildman–Crippen MR) is 70.0 cm³/mol. The molecule has 0 fully saturated rings. The SMILES string of the molecule is CCOC(=O)C(N)CSCc1ccncc1Cl. The molecule has 6 heteroatoms. The van der Waals surface area contributed by atoms with Crippen molar-refractivity contribution >= 4 is 29.3 Å². The van der Waals surface area contributed by atoms with Gasteiger partial charge in [0.05, 0.1) is 11.6 Å². The summed E-state index contributed by atoms with van der Waals surface area (Å²) in [5, 5.41) is 0.629. The van der Waals surface area contributed by atoms with Gasteiger partial charge < -0.3 is 10.5 Å².